The van der Waals surface area contributed by atoms with Crippen LogP contribution in [0.25, 0.3) is 11.8 Å². The molecule has 0 bridgehead atoms. The SMILES string of the molecule is C=Cc1ccc(NCCCCc2ccc(C(C)(C)c3ccc(CCc4ccnc(NC)n4)cc3)cc2)cc1C(=C)N(C)C1CCC(=O)NC1=O. The standard InChI is InChI=1S/C42H50N6O2/c1-7-32-16-22-36(28-37(32)29(2)48(6)38-23-24-39(49)47-40(38)50)44-26-9-8-10-30-11-17-33(18-12-30)42(3,4)34-19-13-31(14-20-34)15-21-35-25-27-45-41(43-5)46-35/h7,11-14,16-20,22,25,27-28,38,44H,1-2,8-10,15,21,23-24,26H2,3-6H3,(H,43,45,46)(H,47,49,50). The Bertz CT molecular complexity index is 1810. The topological polar surface area (TPSA) is 99.2 Å². The van der Waals surface area contributed by atoms with Crippen molar-refractivity contribution in [3.63, 3.8) is 0 Å². The molecule has 0 spiro atoms. The van der Waals surface area contributed by atoms with E-state index < -0.39 is 6.04 Å². The van der Waals surface area contributed by atoms with Crippen LogP contribution in [0.4, 0.5) is 11.6 Å². The molecule has 1 aliphatic rings. The van der Waals surface area contributed by atoms with Crippen molar-refractivity contribution in [3.05, 3.63) is 131 Å². The number of amides is 2. The number of carbonyl (C=O) groups excluding carboxylic acids is 2. The molecule has 8 nitrogen and oxygen atoms in total. The van der Waals surface area contributed by atoms with Gasteiger partial charge in [0.15, 0.2) is 0 Å². The molecule has 3 aromatic carbocycles. The van der Waals surface area contributed by atoms with Gasteiger partial charge in [-0.25, -0.2) is 9.97 Å². The molecule has 2 amide bonds. The maximum atomic E-state index is 12.5. The molecule has 1 saturated heterocycles. The van der Waals surface area contributed by atoms with Crippen molar-refractivity contribution in [2.24, 2.45) is 0 Å². The number of hydrogen-bond acceptors (Lipinski definition) is 7. The summed E-state index contributed by atoms with van der Waals surface area (Å²) in [5, 5.41) is 9.00. The molecule has 2 heterocycles. The van der Waals surface area contributed by atoms with E-state index in [2.05, 4.69) is 108 Å². The fourth-order valence-electron chi connectivity index (χ4n) is 6.48. The molecule has 0 aliphatic carbocycles. The second-order valence-corrected chi connectivity index (χ2v) is 13.6. The number of unbranched alkanes of at least 4 members (excludes halogenated alkanes) is 1. The number of benzene rings is 3. The maximum absolute atomic E-state index is 12.5. The summed E-state index contributed by atoms with van der Waals surface area (Å²) in [6, 6.07) is 25.8. The molecule has 260 valence electrons. The summed E-state index contributed by atoms with van der Waals surface area (Å²) in [7, 11) is 3.69. The molecule has 1 aliphatic heterocycles. The first-order valence-corrected chi connectivity index (χ1v) is 17.5. The Morgan fingerprint density at radius 2 is 1.64 bits per heavy atom. The van der Waals surface area contributed by atoms with Gasteiger partial charge in [0.1, 0.15) is 6.04 Å². The van der Waals surface area contributed by atoms with Crippen LogP contribution < -0.4 is 16.0 Å². The van der Waals surface area contributed by atoms with Gasteiger partial charge in [-0.1, -0.05) is 87.7 Å². The van der Waals surface area contributed by atoms with Crippen molar-refractivity contribution < 1.29 is 9.59 Å². The van der Waals surface area contributed by atoms with Crippen molar-refractivity contribution in [1.29, 1.82) is 0 Å². The normalized spacial score (nSPS) is 14.5. The fourth-order valence-corrected chi connectivity index (χ4v) is 6.48. The number of carbonyl (C=O) groups is 2. The van der Waals surface area contributed by atoms with E-state index in [-0.39, 0.29) is 17.2 Å². The van der Waals surface area contributed by atoms with Crippen molar-refractivity contribution in [2.75, 3.05) is 31.3 Å². The van der Waals surface area contributed by atoms with Gasteiger partial charge in [-0.2, -0.15) is 0 Å². The highest BCUT2D eigenvalue weighted by Gasteiger charge is 2.31. The summed E-state index contributed by atoms with van der Waals surface area (Å²) >= 11 is 0. The van der Waals surface area contributed by atoms with Crippen LogP contribution in [0.3, 0.4) is 0 Å². The summed E-state index contributed by atoms with van der Waals surface area (Å²) in [4.78, 5) is 34.7. The minimum Gasteiger partial charge on any atom is -0.385 e. The van der Waals surface area contributed by atoms with Gasteiger partial charge in [0, 0.05) is 61.3 Å². The number of hydrogen-bond donors (Lipinski definition) is 3. The Hall–Kier alpha value is -5.24. The number of rotatable bonds is 16. The second kappa shape index (κ2) is 16.4. The smallest absolute Gasteiger partial charge is 0.249 e. The van der Waals surface area contributed by atoms with Gasteiger partial charge >= 0.3 is 0 Å². The molecule has 1 unspecified atom stereocenters. The zero-order chi connectivity index (χ0) is 35.7. The van der Waals surface area contributed by atoms with E-state index in [0.717, 1.165) is 66.9 Å². The first-order valence-electron chi connectivity index (χ1n) is 17.5. The van der Waals surface area contributed by atoms with Crippen LogP contribution in [-0.2, 0) is 34.3 Å². The van der Waals surface area contributed by atoms with E-state index in [1.165, 1.54) is 22.3 Å². The van der Waals surface area contributed by atoms with Crippen LogP contribution in [0.5, 0.6) is 0 Å². The lowest BCUT2D eigenvalue weighted by molar-refractivity contribution is -0.136. The average Bonchev–Trinajstić information content (AvgIpc) is 3.13. The predicted octanol–water partition coefficient (Wildman–Crippen LogP) is 7.41. The van der Waals surface area contributed by atoms with Crippen molar-refractivity contribution in [1.82, 2.24) is 20.2 Å². The lowest BCUT2D eigenvalue weighted by atomic mass is 9.77. The molecule has 3 N–H and O–H groups in total. The van der Waals surface area contributed by atoms with E-state index in [0.29, 0.717) is 18.8 Å². The molecule has 50 heavy (non-hydrogen) atoms. The minimum atomic E-state index is -0.430. The summed E-state index contributed by atoms with van der Waals surface area (Å²) in [5.41, 5.74) is 9.77. The average molecular weight is 671 g/mol. The molecule has 0 saturated carbocycles. The molecule has 1 aromatic heterocycles. The first kappa shape index (κ1) is 36.1. The summed E-state index contributed by atoms with van der Waals surface area (Å²) in [5.74, 6) is 0.154. The molecule has 1 fully saturated rings. The monoisotopic (exact) mass is 670 g/mol. The minimum absolute atomic E-state index is 0.0999. The number of imide groups is 1. The van der Waals surface area contributed by atoms with Gasteiger partial charge in [-0.15, -0.1) is 0 Å². The summed E-state index contributed by atoms with van der Waals surface area (Å²) in [6.45, 7) is 13.7. The van der Waals surface area contributed by atoms with E-state index >= 15 is 0 Å². The predicted molar refractivity (Wildman–Crippen MR) is 205 cm³/mol. The highest BCUT2D eigenvalue weighted by molar-refractivity contribution is 6.00. The van der Waals surface area contributed by atoms with E-state index in [1.807, 2.05) is 37.2 Å². The van der Waals surface area contributed by atoms with Crippen LogP contribution in [-0.4, -0.2) is 53.4 Å². The number of anilines is 2. The number of nitrogens with zero attached hydrogens (tertiary/aromatic N) is 3. The maximum Gasteiger partial charge on any atom is 0.249 e. The Morgan fingerprint density at radius 1 is 0.960 bits per heavy atom. The second-order valence-electron chi connectivity index (χ2n) is 13.6. The number of aryl methyl sites for hydroxylation is 3. The van der Waals surface area contributed by atoms with E-state index in [9.17, 15) is 9.59 Å². The molecule has 8 heteroatoms. The Morgan fingerprint density at radius 3 is 2.28 bits per heavy atom. The number of likely N-dealkylation sites (N-methyl/N-ethyl adjacent to an activating group) is 1. The molecule has 4 aromatic rings. The summed E-state index contributed by atoms with van der Waals surface area (Å²) < 4.78 is 0. The molecular formula is C42H50N6O2. The zero-order valence-corrected chi connectivity index (χ0v) is 29.9. The Balaban J connectivity index is 1.09. The molecule has 5 rings (SSSR count). The third-order valence-electron chi connectivity index (χ3n) is 9.87. The van der Waals surface area contributed by atoms with E-state index in [4.69, 9.17) is 0 Å². The lowest BCUT2D eigenvalue weighted by Gasteiger charge is -2.33. The van der Waals surface area contributed by atoms with Crippen molar-refractivity contribution in [2.45, 2.75) is 70.3 Å². The van der Waals surface area contributed by atoms with Gasteiger partial charge < -0.3 is 15.5 Å². The first-order chi connectivity index (χ1) is 24.1. The highest BCUT2D eigenvalue weighted by atomic mass is 16.2. The largest absolute Gasteiger partial charge is 0.385 e. The molecular weight excluding hydrogens is 621 g/mol. The van der Waals surface area contributed by atoms with Crippen molar-refractivity contribution in [3.8, 4) is 0 Å². The Labute approximate surface area is 297 Å². The van der Waals surface area contributed by atoms with Crippen LogP contribution in [0.2, 0.25) is 0 Å². The molecule has 1 atom stereocenters. The van der Waals surface area contributed by atoms with Gasteiger partial charge in [0.25, 0.3) is 0 Å². The van der Waals surface area contributed by atoms with Gasteiger partial charge in [-0.05, 0) is 84.5 Å². The van der Waals surface area contributed by atoms with Crippen LogP contribution in [0.1, 0.15) is 78.6 Å². The van der Waals surface area contributed by atoms with Crippen LogP contribution >= 0.6 is 0 Å². The number of aromatic nitrogens is 2. The lowest BCUT2D eigenvalue weighted by Crippen LogP contribution is -2.50. The summed E-state index contributed by atoms with van der Waals surface area (Å²) in [6.07, 6.45) is 9.35. The van der Waals surface area contributed by atoms with E-state index in [1.54, 1.807) is 12.3 Å². The van der Waals surface area contributed by atoms with Gasteiger partial charge in [-0.3, -0.25) is 14.9 Å². The molecule has 0 radical (unpaired) electrons. The van der Waals surface area contributed by atoms with Gasteiger partial charge in [0.05, 0.1) is 0 Å². The number of piperidine rings is 1. The van der Waals surface area contributed by atoms with Crippen molar-refractivity contribution >= 4 is 35.2 Å². The zero-order valence-electron chi connectivity index (χ0n) is 29.9. The van der Waals surface area contributed by atoms with Gasteiger partial charge in [0.2, 0.25) is 17.8 Å². The van der Waals surface area contributed by atoms with Crippen LogP contribution in [0, 0.1) is 0 Å². The van der Waals surface area contributed by atoms with Crippen LogP contribution in [0.15, 0.2) is 92.2 Å². The third-order valence-corrected chi connectivity index (χ3v) is 9.87. The quantitative estimate of drug-likeness (QED) is 0.0843. The fraction of sp³-hybridized carbons (Fsp3) is 0.333. The third kappa shape index (κ3) is 8.86. The Kier molecular flexibility index (Phi) is 11.9. The number of nitrogens with one attached hydrogen (secondary N) is 3. The highest BCUT2D eigenvalue weighted by Crippen LogP contribution is 2.32.